The van der Waals surface area contributed by atoms with Crippen molar-refractivity contribution in [2.24, 2.45) is 5.41 Å². The third kappa shape index (κ3) is 4.59. The van der Waals surface area contributed by atoms with Gasteiger partial charge in [-0.3, -0.25) is 4.90 Å². The Kier molecular flexibility index (Phi) is 5.94. The first-order valence-electron chi connectivity index (χ1n) is 7.49. The highest BCUT2D eigenvalue weighted by Gasteiger charge is 2.29. The molecule has 1 fully saturated rings. The third-order valence-electron chi connectivity index (χ3n) is 4.31. The van der Waals surface area contributed by atoms with Crippen LogP contribution in [0.2, 0.25) is 0 Å². The molecule has 0 aliphatic carbocycles. The van der Waals surface area contributed by atoms with Crippen molar-refractivity contribution in [1.82, 2.24) is 10.2 Å². The van der Waals surface area contributed by atoms with Crippen LogP contribution in [0.25, 0.3) is 0 Å². The van der Waals surface area contributed by atoms with Crippen molar-refractivity contribution in [3.8, 4) is 0 Å². The monoisotopic (exact) mass is 240 g/mol. The van der Waals surface area contributed by atoms with Gasteiger partial charge in [0.05, 0.1) is 0 Å². The number of nitrogens with one attached hydrogen (secondary N) is 1. The molecule has 0 amide bonds. The number of piperazine rings is 1. The molecule has 0 aromatic carbocycles. The van der Waals surface area contributed by atoms with Crippen molar-refractivity contribution in [3.05, 3.63) is 0 Å². The number of nitrogens with zero attached hydrogens (tertiary/aromatic N) is 1. The van der Waals surface area contributed by atoms with Crippen LogP contribution in [0.4, 0.5) is 0 Å². The van der Waals surface area contributed by atoms with E-state index in [0.717, 1.165) is 12.1 Å². The second kappa shape index (κ2) is 6.75. The average molecular weight is 240 g/mol. The summed E-state index contributed by atoms with van der Waals surface area (Å²) in [4.78, 5) is 2.74. The summed E-state index contributed by atoms with van der Waals surface area (Å²) in [6, 6.07) is 1.46. The predicted molar refractivity (Wildman–Crippen MR) is 76.4 cm³/mol. The average Bonchev–Trinajstić information content (AvgIpc) is 2.29. The van der Waals surface area contributed by atoms with Crippen molar-refractivity contribution < 1.29 is 0 Å². The molecule has 102 valence electrons. The van der Waals surface area contributed by atoms with Crippen molar-refractivity contribution in [2.45, 2.75) is 72.4 Å². The summed E-state index contributed by atoms with van der Waals surface area (Å²) in [6.45, 7) is 15.4. The maximum Gasteiger partial charge on any atom is 0.0219 e. The molecule has 1 N–H and O–H groups in total. The first kappa shape index (κ1) is 15.0. The lowest BCUT2D eigenvalue weighted by atomic mass is 9.88. The molecule has 1 saturated heterocycles. The normalized spacial score (nSPS) is 27.4. The molecule has 0 radical (unpaired) electrons. The van der Waals surface area contributed by atoms with Gasteiger partial charge in [0.2, 0.25) is 0 Å². The maximum atomic E-state index is 3.71. The molecule has 0 saturated carbocycles. The first-order valence-corrected chi connectivity index (χ1v) is 7.49. The summed E-state index contributed by atoms with van der Waals surface area (Å²) in [5.41, 5.74) is 0.460. The van der Waals surface area contributed by atoms with Gasteiger partial charge in [-0.25, -0.2) is 0 Å². The van der Waals surface area contributed by atoms with Gasteiger partial charge in [-0.15, -0.1) is 0 Å². The molecule has 0 aromatic rings. The molecule has 1 aliphatic heterocycles. The third-order valence-corrected chi connectivity index (χ3v) is 4.31. The lowest BCUT2D eigenvalue weighted by Gasteiger charge is -2.43. The molecule has 1 aliphatic rings. The Morgan fingerprint density at radius 1 is 1.24 bits per heavy atom. The van der Waals surface area contributed by atoms with E-state index in [4.69, 9.17) is 0 Å². The summed E-state index contributed by atoms with van der Waals surface area (Å²) in [5, 5.41) is 3.71. The fourth-order valence-corrected chi connectivity index (χ4v) is 2.73. The van der Waals surface area contributed by atoms with Gasteiger partial charge in [0, 0.05) is 31.7 Å². The zero-order valence-electron chi connectivity index (χ0n) is 12.6. The molecule has 1 heterocycles. The van der Waals surface area contributed by atoms with E-state index in [1.54, 1.807) is 0 Å². The molecule has 2 atom stereocenters. The SMILES string of the molecule is CCCC1CN(CC(C)(C)CC)C(CC)CN1. The van der Waals surface area contributed by atoms with Gasteiger partial charge in [-0.05, 0) is 24.7 Å². The predicted octanol–water partition coefficient (Wildman–Crippen LogP) is 3.28. The maximum absolute atomic E-state index is 3.71. The van der Waals surface area contributed by atoms with Crippen LogP contribution >= 0.6 is 0 Å². The van der Waals surface area contributed by atoms with Crippen LogP contribution in [0, 0.1) is 5.41 Å². The van der Waals surface area contributed by atoms with E-state index in [0.29, 0.717) is 5.41 Å². The van der Waals surface area contributed by atoms with Crippen molar-refractivity contribution >= 4 is 0 Å². The summed E-state index contributed by atoms with van der Waals surface area (Å²) < 4.78 is 0. The zero-order chi connectivity index (χ0) is 12.9. The largest absolute Gasteiger partial charge is 0.311 e. The standard InChI is InChI=1S/C15H32N2/c1-6-9-13-11-17(12-15(4,5)8-3)14(7-2)10-16-13/h13-14,16H,6-12H2,1-5H3. The zero-order valence-corrected chi connectivity index (χ0v) is 12.6. The van der Waals surface area contributed by atoms with E-state index < -0.39 is 0 Å². The molecule has 0 spiro atoms. The quantitative estimate of drug-likeness (QED) is 0.766. The van der Waals surface area contributed by atoms with E-state index in [1.165, 1.54) is 45.3 Å². The van der Waals surface area contributed by atoms with Crippen LogP contribution in [-0.2, 0) is 0 Å². The molecule has 2 heteroatoms. The highest BCUT2D eigenvalue weighted by Crippen LogP contribution is 2.24. The Morgan fingerprint density at radius 3 is 2.47 bits per heavy atom. The van der Waals surface area contributed by atoms with E-state index in [1.807, 2.05) is 0 Å². The molecule has 0 aromatic heterocycles. The Morgan fingerprint density at radius 2 is 1.94 bits per heavy atom. The van der Waals surface area contributed by atoms with Gasteiger partial charge in [-0.1, -0.05) is 41.0 Å². The van der Waals surface area contributed by atoms with Gasteiger partial charge in [0.15, 0.2) is 0 Å². The Hall–Kier alpha value is -0.0800. The summed E-state index contributed by atoms with van der Waals surface area (Å²) in [7, 11) is 0. The minimum atomic E-state index is 0.460. The number of rotatable bonds is 6. The molecule has 1 rings (SSSR count). The molecule has 17 heavy (non-hydrogen) atoms. The molecule has 2 nitrogen and oxygen atoms in total. The molecular formula is C15H32N2. The van der Waals surface area contributed by atoms with Crippen molar-refractivity contribution in [1.29, 1.82) is 0 Å². The lowest BCUT2D eigenvalue weighted by molar-refractivity contribution is 0.0779. The van der Waals surface area contributed by atoms with Crippen LogP contribution < -0.4 is 5.32 Å². The minimum Gasteiger partial charge on any atom is -0.311 e. The Labute approximate surface area is 108 Å². The Balaban J connectivity index is 2.57. The molecule has 0 bridgehead atoms. The second-order valence-corrected chi connectivity index (χ2v) is 6.40. The molecule has 2 unspecified atom stereocenters. The van der Waals surface area contributed by atoms with Gasteiger partial charge >= 0.3 is 0 Å². The van der Waals surface area contributed by atoms with Gasteiger partial charge < -0.3 is 5.32 Å². The van der Waals surface area contributed by atoms with Crippen LogP contribution in [0.1, 0.15) is 60.3 Å². The Bertz CT molecular complexity index is 213. The van der Waals surface area contributed by atoms with E-state index in [-0.39, 0.29) is 0 Å². The van der Waals surface area contributed by atoms with E-state index in [2.05, 4.69) is 44.8 Å². The van der Waals surface area contributed by atoms with E-state index in [9.17, 15) is 0 Å². The first-order chi connectivity index (χ1) is 8.02. The van der Waals surface area contributed by atoms with Gasteiger partial charge in [0.25, 0.3) is 0 Å². The topological polar surface area (TPSA) is 15.3 Å². The summed E-state index contributed by atoms with van der Waals surface area (Å²) in [5.74, 6) is 0. The molecular weight excluding hydrogens is 208 g/mol. The summed E-state index contributed by atoms with van der Waals surface area (Å²) in [6.07, 6.45) is 5.15. The minimum absolute atomic E-state index is 0.460. The second-order valence-electron chi connectivity index (χ2n) is 6.40. The number of hydrogen-bond donors (Lipinski definition) is 1. The van der Waals surface area contributed by atoms with Crippen LogP contribution in [0.3, 0.4) is 0 Å². The van der Waals surface area contributed by atoms with E-state index >= 15 is 0 Å². The fraction of sp³-hybridized carbons (Fsp3) is 1.00. The highest BCUT2D eigenvalue weighted by atomic mass is 15.2. The van der Waals surface area contributed by atoms with Crippen LogP contribution in [-0.4, -0.2) is 36.6 Å². The lowest BCUT2D eigenvalue weighted by Crippen LogP contribution is -2.57. The fourth-order valence-electron chi connectivity index (χ4n) is 2.73. The van der Waals surface area contributed by atoms with Crippen LogP contribution in [0.15, 0.2) is 0 Å². The summed E-state index contributed by atoms with van der Waals surface area (Å²) >= 11 is 0. The van der Waals surface area contributed by atoms with Crippen molar-refractivity contribution in [2.75, 3.05) is 19.6 Å². The van der Waals surface area contributed by atoms with Crippen molar-refractivity contribution in [3.63, 3.8) is 0 Å². The van der Waals surface area contributed by atoms with Crippen LogP contribution in [0.5, 0.6) is 0 Å². The smallest absolute Gasteiger partial charge is 0.0219 e. The van der Waals surface area contributed by atoms with Gasteiger partial charge in [0.1, 0.15) is 0 Å². The highest BCUT2D eigenvalue weighted by molar-refractivity contribution is 4.87. The van der Waals surface area contributed by atoms with Gasteiger partial charge in [-0.2, -0.15) is 0 Å². The number of hydrogen-bond acceptors (Lipinski definition) is 2.